The summed E-state index contributed by atoms with van der Waals surface area (Å²) in [5.41, 5.74) is 5.28. The molecule has 2 atom stereocenters. The van der Waals surface area contributed by atoms with Crippen LogP contribution in [0.15, 0.2) is 23.1 Å². The van der Waals surface area contributed by atoms with Crippen LogP contribution in [0.3, 0.4) is 0 Å². The Kier molecular flexibility index (Phi) is 6.53. The lowest BCUT2D eigenvalue weighted by atomic mass is 9.89. The first kappa shape index (κ1) is 24.0. The highest BCUT2D eigenvalue weighted by Crippen LogP contribution is 2.39. The molecule has 4 N–H and O–H groups in total. The largest absolute Gasteiger partial charge is 0.477 e. The lowest BCUT2D eigenvalue weighted by molar-refractivity contribution is -0.122. The minimum absolute atomic E-state index is 0. The van der Waals surface area contributed by atoms with E-state index in [1.165, 1.54) is 6.20 Å². The Balaban J connectivity index is 0.00000289. The summed E-state index contributed by atoms with van der Waals surface area (Å²) >= 11 is 0. The fourth-order valence-corrected chi connectivity index (χ4v) is 4.24. The standard InChI is InChI=1S/C22H27FN4O4.ClH/c1-12(24)20(29)25-10-22(2)5-6-26(11-22)18-8-17-14(7-16(18)23)19(28)15(21(30)31)9-27(17)13-3-4-13;/h7-9,12-13H,3-6,10-11,24H2,1-2H3,(H,25,29)(H,30,31);1H/t12-,22-;/m0./s1. The quantitative estimate of drug-likeness (QED) is 0.601. The van der Waals surface area contributed by atoms with Gasteiger partial charge in [0, 0.05) is 42.7 Å². The van der Waals surface area contributed by atoms with Crippen molar-refractivity contribution in [3.05, 3.63) is 39.9 Å². The molecule has 8 nitrogen and oxygen atoms in total. The second kappa shape index (κ2) is 8.71. The third kappa shape index (κ3) is 4.45. The van der Waals surface area contributed by atoms with Crippen molar-refractivity contribution in [3.8, 4) is 0 Å². The van der Waals surface area contributed by atoms with Gasteiger partial charge in [-0.05, 0) is 38.3 Å². The summed E-state index contributed by atoms with van der Waals surface area (Å²) in [4.78, 5) is 37.9. The number of aromatic nitrogens is 1. The number of carboxylic acid groups (broad SMARTS) is 1. The maximum atomic E-state index is 15.1. The van der Waals surface area contributed by atoms with E-state index in [1.807, 2.05) is 11.8 Å². The number of carboxylic acids is 1. The number of carbonyl (C=O) groups excluding carboxylic acids is 1. The highest BCUT2D eigenvalue weighted by atomic mass is 35.5. The first-order valence-electron chi connectivity index (χ1n) is 10.5. The Morgan fingerprint density at radius 1 is 1.38 bits per heavy atom. The molecule has 2 fully saturated rings. The zero-order valence-corrected chi connectivity index (χ0v) is 18.9. The minimum Gasteiger partial charge on any atom is -0.477 e. The van der Waals surface area contributed by atoms with E-state index in [4.69, 9.17) is 5.73 Å². The van der Waals surface area contributed by atoms with Crippen molar-refractivity contribution in [3.63, 3.8) is 0 Å². The zero-order valence-electron chi connectivity index (χ0n) is 18.1. The molecule has 1 aromatic heterocycles. The molecule has 2 aliphatic rings. The summed E-state index contributed by atoms with van der Waals surface area (Å²) in [7, 11) is 0. The number of halogens is 2. The fourth-order valence-electron chi connectivity index (χ4n) is 4.24. The number of fused-ring (bicyclic) bond motifs is 1. The number of carbonyl (C=O) groups is 2. The molecule has 1 aliphatic carbocycles. The molecular formula is C22H28ClFN4O4. The van der Waals surface area contributed by atoms with Crippen LogP contribution in [0.1, 0.15) is 49.5 Å². The number of hydrogen-bond acceptors (Lipinski definition) is 5. The molecule has 0 radical (unpaired) electrons. The van der Waals surface area contributed by atoms with Gasteiger partial charge in [0.05, 0.1) is 17.2 Å². The Morgan fingerprint density at radius 3 is 2.66 bits per heavy atom. The van der Waals surface area contributed by atoms with E-state index in [-0.39, 0.29) is 40.7 Å². The van der Waals surface area contributed by atoms with Crippen LogP contribution in [0.4, 0.5) is 10.1 Å². The second-order valence-electron chi connectivity index (χ2n) is 9.12. The minimum atomic E-state index is -1.31. The van der Waals surface area contributed by atoms with E-state index in [0.29, 0.717) is 30.8 Å². The van der Waals surface area contributed by atoms with Crippen LogP contribution in [-0.4, -0.2) is 47.2 Å². The molecule has 2 heterocycles. The van der Waals surface area contributed by atoms with Crippen LogP contribution < -0.4 is 21.4 Å². The van der Waals surface area contributed by atoms with E-state index in [2.05, 4.69) is 5.32 Å². The van der Waals surface area contributed by atoms with Crippen LogP contribution in [0, 0.1) is 11.2 Å². The summed E-state index contributed by atoms with van der Waals surface area (Å²) in [6.45, 7) is 5.24. The Hall–Kier alpha value is -2.65. The van der Waals surface area contributed by atoms with Crippen molar-refractivity contribution in [2.75, 3.05) is 24.5 Å². The van der Waals surface area contributed by atoms with Gasteiger partial charge in [-0.1, -0.05) is 6.92 Å². The molecule has 0 unspecified atom stereocenters. The van der Waals surface area contributed by atoms with Gasteiger partial charge in [0.1, 0.15) is 11.4 Å². The number of rotatable bonds is 6. The fraction of sp³-hybridized carbons (Fsp3) is 0.500. The van der Waals surface area contributed by atoms with Gasteiger partial charge in [-0.2, -0.15) is 0 Å². The van der Waals surface area contributed by atoms with Crippen LogP contribution in [0.5, 0.6) is 0 Å². The number of amides is 1. The highest BCUT2D eigenvalue weighted by molar-refractivity contribution is 5.93. The highest BCUT2D eigenvalue weighted by Gasteiger charge is 2.36. The van der Waals surface area contributed by atoms with Crippen LogP contribution >= 0.6 is 12.4 Å². The van der Waals surface area contributed by atoms with Crippen molar-refractivity contribution < 1.29 is 19.1 Å². The number of benzene rings is 1. The Morgan fingerprint density at radius 2 is 2.06 bits per heavy atom. The van der Waals surface area contributed by atoms with E-state index in [1.54, 1.807) is 17.6 Å². The van der Waals surface area contributed by atoms with Crippen molar-refractivity contribution in [1.82, 2.24) is 9.88 Å². The molecule has 1 aromatic carbocycles. The predicted molar refractivity (Wildman–Crippen MR) is 122 cm³/mol. The maximum Gasteiger partial charge on any atom is 0.341 e. The van der Waals surface area contributed by atoms with Crippen molar-refractivity contribution in [2.24, 2.45) is 11.1 Å². The average Bonchev–Trinajstić information content (AvgIpc) is 3.48. The molecule has 1 saturated carbocycles. The van der Waals surface area contributed by atoms with Gasteiger partial charge in [0.2, 0.25) is 11.3 Å². The summed E-state index contributed by atoms with van der Waals surface area (Å²) in [6.07, 6.45) is 3.93. The molecule has 0 bridgehead atoms. The molecule has 1 saturated heterocycles. The summed E-state index contributed by atoms with van der Waals surface area (Å²) in [5, 5.41) is 12.3. The van der Waals surface area contributed by atoms with Crippen LogP contribution in [-0.2, 0) is 4.79 Å². The Bertz CT molecular complexity index is 1130. The van der Waals surface area contributed by atoms with Gasteiger partial charge in [0.15, 0.2) is 0 Å². The summed E-state index contributed by atoms with van der Waals surface area (Å²) in [6, 6.07) is 2.35. The third-order valence-corrected chi connectivity index (χ3v) is 6.27. The second-order valence-corrected chi connectivity index (χ2v) is 9.12. The number of anilines is 1. The normalized spacial score (nSPS) is 21.3. The third-order valence-electron chi connectivity index (χ3n) is 6.27. The lowest BCUT2D eigenvalue weighted by Crippen LogP contribution is -2.44. The number of nitrogens with two attached hydrogens (primary N) is 1. The van der Waals surface area contributed by atoms with Gasteiger partial charge in [-0.25, -0.2) is 9.18 Å². The number of nitrogens with one attached hydrogen (secondary N) is 1. The zero-order chi connectivity index (χ0) is 22.5. The molecule has 4 rings (SSSR count). The van der Waals surface area contributed by atoms with Crippen molar-refractivity contribution in [2.45, 2.75) is 45.2 Å². The number of pyridine rings is 1. The van der Waals surface area contributed by atoms with E-state index in [9.17, 15) is 19.5 Å². The van der Waals surface area contributed by atoms with Crippen LogP contribution in [0.25, 0.3) is 10.9 Å². The molecule has 174 valence electrons. The number of nitrogens with zero attached hydrogens (tertiary/aromatic N) is 2. The van der Waals surface area contributed by atoms with Gasteiger partial charge in [-0.15, -0.1) is 12.4 Å². The van der Waals surface area contributed by atoms with Gasteiger partial charge in [-0.3, -0.25) is 9.59 Å². The van der Waals surface area contributed by atoms with Gasteiger partial charge >= 0.3 is 5.97 Å². The summed E-state index contributed by atoms with van der Waals surface area (Å²) < 4.78 is 16.9. The van der Waals surface area contributed by atoms with Gasteiger partial charge in [0.25, 0.3) is 0 Å². The van der Waals surface area contributed by atoms with Crippen molar-refractivity contribution in [1.29, 1.82) is 0 Å². The van der Waals surface area contributed by atoms with E-state index < -0.39 is 23.3 Å². The smallest absolute Gasteiger partial charge is 0.341 e. The molecule has 1 aliphatic heterocycles. The SMILES string of the molecule is C[C@H](N)C(=O)NC[C@]1(C)CCN(c2cc3c(cc2F)c(=O)c(C(=O)O)cn3C2CC2)C1.Cl. The molecule has 32 heavy (non-hydrogen) atoms. The molecular weight excluding hydrogens is 439 g/mol. The molecule has 10 heteroatoms. The summed E-state index contributed by atoms with van der Waals surface area (Å²) in [5.74, 6) is -2.09. The van der Waals surface area contributed by atoms with Crippen molar-refractivity contribution >= 4 is 40.9 Å². The van der Waals surface area contributed by atoms with Gasteiger partial charge < -0.3 is 25.6 Å². The Labute approximate surface area is 191 Å². The first-order valence-corrected chi connectivity index (χ1v) is 10.5. The topological polar surface area (TPSA) is 118 Å². The lowest BCUT2D eigenvalue weighted by Gasteiger charge is -2.27. The van der Waals surface area contributed by atoms with Crippen LogP contribution in [0.2, 0.25) is 0 Å². The molecule has 2 aromatic rings. The number of hydrogen-bond donors (Lipinski definition) is 3. The molecule has 0 spiro atoms. The number of aromatic carboxylic acids is 1. The van der Waals surface area contributed by atoms with E-state index >= 15 is 4.39 Å². The maximum absolute atomic E-state index is 15.1. The monoisotopic (exact) mass is 466 g/mol. The first-order chi connectivity index (χ1) is 14.6. The average molecular weight is 467 g/mol. The predicted octanol–water partition coefficient (Wildman–Crippen LogP) is 2.28. The molecule has 1 amide bonds. The van der Waals surface area contributed by atoms with E-state index in [0.717, 1.165) is 25.3 Å².